The number of hydrogen-bond donors (Lipinski definition) is 2. The van der Waals surface area contributed by atoms with Gasteiger partial charge in [0.15, 0.2) is 0 Å². The maximum absolute atomic E-state index is 12.2. The first-order valence-corrected chi connectivity index (χ1v) is 7.49. The normalized spacial score (nSPS) is 22.0. The lowest BCUT2D eigenvalue weighted by molar-refractivity contribution is -0.133. The molecule has 0 radical (unpaired) electrons. The van der Waals surface area contributed by atoms with Gasteiger partial charge in [0.2, 0.25) is 11.8 Å². The van der Waals surface area contributed by atoms with E-state index in [4.69, 9.17) is 5.11 Å². The monoisotopic (exact) mass is 288 g/mol. The lowest BCUT2D eigenvalue weighted by Gasteiger charge is -2.34. The van der Waals surface area contributed by atoms with Gasteiger partial charge in [0.25, 0.3) is 0 Å². The Bertz CT molecular complexity index is 550. The van der Waals surface area contributed by atoms with Crippen LogP contribution in [0.2, 0.25) is 0 Å². The quantitative estimate of drug-likeness (QED) is 0.882. The SMILES string of the molecule is O=C1Nc2ccccc2[C@@H]1C1CCN(C(=O)CCO)CC1. The molecule has 0 saturated carbocycles. The van der Waals surface area contributed by atoms with E-state index in [0.717, 1.165) is 24.1 Å². The predicted molar refractivity (Wildman–Crippen MR) is 78.8 cm³/mol. The van der Waals surface area contributed by atoms with Gasteiger partial charge >= 0.3 is 0 Å². The number of benzene rings is 1. The first-order valence-electron chi connectivity index (χ1n) is 7.49. The molecule has 1 atom stereocenters. The van der Waals surface area contributed by atoms with Crippen LogP contribution in [0, 0.1) is 5.92 Å². The van der Waals surface area contributed by atoms with Crippen molar-refractivity contribution in [2.75, 3.05) is 25.0 Å². The highest BCUT2D eigenvalue weighted by Gasteiger charge is 2.38. The number of para-hydroxylation sites is 1. The molecule has 3 rings (SSSR count). The molecule has 0 bridgehead atoms. The van der Waals surface area contributed by atoms with E-state index >= 15 is 0 Å². The number of rotatable bonds is 3. The van der Waals surface area contributed by atoms with Gasteiger partial charge in [-0.1, -0.05) is 18.2 Å². The van der Waals surface area contributed by atoms with Crippen molar-refractivity contribution >= 4 is 17.5 Å². The van der Waals surface area contributed by atoms with E-state index in [9.17, 15) is 9.59 Å². The second-order valence-corrected chi connectivity index (χ2v) is 5.75. The molecule has 2 amide bonds. The van der Waals surface area contributed by atoms with Crippen LogP contribution in [-0.4, -0.2) is 41.5 Å². The number of nitrogens with one attached hydrogen (secondary N) is 1. The second-order valence-electron chi connectivity index (χ2n) is 5.75. The van der Waals surface area contributed by atoms with Crippen molar-refractivity contribution in [1.82, 2.24) is 4.90 Å². The summed E-state index contributed by atoms with van der Waals surface area (Å²) < 4.78 is 0. The minimum absolute atomic E-state index is 0.00669. The summed E-state index contributed by atoms with van der Waals surface area (Å²) in [4.78, 5) is 25.8. The fourth-order valence-corrected chi connectivity index (χ4v) is 3.44. The van der Waals surface area contributed by atoms with Crippen LogP contribution >= 0.6 is 0 Å². The number of piperidine rings is 1. The summed E-state index contributed by atoms with van der Waals surface area (Å²) in [5, 5.41) is 11.8. The lowest BCUT2D eigenvalue weighted by atomic mass is 9.81. The minimum Gasteiger partial charge on any atom is -0.396 e. The lowest BCUT2D eigenvalue weighted by Crippen LogP contribution is -2.40. The van der Waals surface area contributed by atoms with Crippen LogP contribution in [0.25, 0.3) is 0 Å². The van der Waals surface area contributed by atoms with Crippen molar-refractivity contribution in [1.29, 1.82) is 0 Å². The molecule has 2 aliphatic heterocycles. The Hall–Kier alpha value is -1.88. The largest absolute Gasteiger partial charge is 0.396 e. The molecule has 1 saturated heterocycles. The second kappa shape index (κ2) is 5.85. The molecule has 112 valence electrons. The van der Waals surface area contributed by atoms with E-state index in [2.05, 4.69) is 5.32 Å². The number of carbonyl (C=O) groups excluding carboxylic acids is 2. The smallest absolute Gasteiger partial charge is 0.232 e. The summed E-state index contributed by atoms with van der Waals surface area (Å²) in [5.74, 6) is 0.284. The van der Waals surface area contributed by atoms with Gasteiger partial charge < -0.3 is 15.3 Å². The molecular formula is C16H20N2O3. The number of aliphatic hydroxyl groups excluding tert-OH is 1. The van der Waals surface area contributed by atoms with Crippen molar-refractivity contribution in [3.05, 3.63) is 29.8 Å². The molecule has 5 nitrogen and oxygen atoms in total. The maximum atomic E-state index is 12.2. The third-order valence-electron chi connectivity index (χ3n) is 4.53. The van der Waals surface area contributed by atoms with E-state index in [1.54, 1.807) is 4.90 Å². The molecule has 21 heavy (non-hydrogen) atoms. The Morgan fingerprint density at radius 3 is 2.71 bits per heavy atom. The van der Waals surface area contributed by atoms with Gasteiger partial charge in [0.05, 0.1) is 12.5 Å². The van der Waals surface area contributed by atoms with Gasteiger partial charge in [-0.05, 0) is 30.4 Å². The minimum atomic E-state index is -0.100. The molecule has 0 aromatic heterocycles. The number of anilines is 1. The third-order valence-corrected chi connectivity index (χ3v) is 4.53. The Kier molecular flexibility index (Phi) is 3.92. The molecule has 0 unspecified atom stereocenters. The summed E-state index contributed by atoms with van der Waals surface area (Å²) in [6, 6.07) is 7.85. The summed E-state index contributed by atoms with van der Waals surface area (Å²) in [6.45, 7) is 1.25. The highest BCUT2D eigenvalue weighted by Crippen LogP contribution is 2.41. The Morgan fingerprint density at radius 2 is 2.00 bits per heavy atom. The molecule has 1 aromatic rings. The summed E-state index contributed by atoms with van der Waals surface area (Å²) in [6.07, 6.45) is 1.87. The zero-order valence-electron chi connectivity index (χ0n) is 11.9. The fourth-order valence-electron chi connectivity index (χ4n) is 3.44. The van der Waals surface area contributed by atoms with E-state index in [-0.39, 0.29) is 36.7 Å². The molecular weight excluding hydrogens is 268 g/mol. The van der Waals surface area contributed by atoms with Crippen molar-refractivity contribution in [2.24, 2.45) is 5.92 Å². The highest BCUT2D eigenvalue weighted by atomic mass is 16.3. The summed E-state index contributed by atoms with van der Waals surface area (Å²) in [7, 11) is 0. The Morgan fingerprint density at radius 1 is 1.29 bits per heavy atom. The van der Waals surface area contributed by atoms with Crippen LogP contribution in [0.1, 0.15) is 30.7 Å². The summed E-state index contributed by atoms with van der Waals surface area (Å²) >= 11 is 0. The molecule has 2 aliphatic rings. The van der Waals surface area contributed by atoms with E-state index in [0.29, 0.717) is 13.1 Å². The average Bonchev–Trinajstić information content (AvgIpc) is 2.83. The van der Waals surface area contributed by atoms with Crippen molar-refractivity contribution in [3.63, 3.8) is 0 Å². The standard InChI is InChI=1S/C16H20N2O3/c19-10-7-14(20)18-8-5-11(6-9-18)15-12-3-1-2-4-13(12)17-16(15)21/h1-4,11,15,19H,5-10H2,(H,17,21)/t15-/m0/s1. The maximum Gasteiger partial charge on any atom is 0.232 e. The van der Waals surface area contributed by atoms with E-state index in [1.807, 2.05) is 24.3 Å². The predicted octanol–water partition coefficient (Wildman–Crippen LogP) is 1.34. The molecule has 0 aliphatic carbocycles. The van der Waals surface area contributed by atoms with E-state index in [1.165, 1.54) is 0 Å². The van der Waals surface area contributed by atoms with Crippen LogP contribution < -0.4 is 5.32 Å². The highest BCUT2D eigenvalue weighted by molar-refractivity contribution is 6.03. The van der Waals surface area contributed by atoms with Crippen LogP contribution in [0.15, 0.2) is 24.3 Å². The number of carbonyl (C=O) groups is 2. The van der Waals surface area contributed by atoms with Gasteiger partial charge in [0.1, 0.15) is 0 Å². The number of amides is 2. The topological polar surface area (TPSA) is 69.6 Å². The average molecular weight is 288 g/mol. The van der Waals surface area contributed by atoms with Crippen LogP contribution in [-0.2, 0) is 9.59 Å². The third kappa shape index (κ3) is 2.65. The molecule has 1 aromatic carbocycles. The molecule has 5 heteroatoms. The fraction of sp³-hybridized carbons (Fsp3) is 0.500. The van der Waals surface area contributed by atoms with Gasteiger partial charge in [-0.25, -0.2) is 0 Å². The number of likely N-dealkylation sites (tertiary alicyclic amines) is 1. The number of nitrogens with zero attached hydrogens (tertiary/aromatic N) is 1. The van der Waals surface area contributed by atoms with Gasteiger partial charge in [0, 0.05) is 25.2 Å². The van der Waals surface area contributed by atoms with Crippen molar-refractivity contribution < 1.29 is 14.7 Å². The zero-order valence-corrected chi connectivity index (χ0v) is 11.9. The molecule has 0 spiro atoms. The van der Waals surface area contributed by atoms with Crippen LogP contribution in [0.5, 0.6) is 0 Å². The van der Waals surface area contributed by atoms with Crippen LogP contribution in [0.3, 0.4) is 0 Å². The Balaban J connectivity index is 1.67. The van der Waals surface area contributed by atoms with Crippen molar-refractivity contribution in [3.8, 4) is 0 Å². The number of hydrogen-bond acceptors (Lipinski definition) is 3. The van der Waals surface area contributed by atoms with Crippen molar-refractivity contribution in [2.45, 2.75) is 25.2 Å². The van der Waals surface area contributed by atoms with Gasteiger partial charge in [-0.2, -0.15) is 0 Å². The first kappa shape index (κ1) is 14.1. The van der Waals surface area contributed by atoms with Crippen LogP contribution in [0.4, 0.5) is 5.69 Å². The Labute approximate surface area is 123 Å². The first-order chi connectivity index (χ1) is 10.2. The van der Waals surface area contributed by atoms with Gasteiger partial charge in [-0.3, -0.25) is 9.59 Å². The van der Waals surface area contributed by atoms with Gasteiger partial charge in [-0.15, -0.1) is 0 Å². The number of aliphatic hydroxyl groups is 1. The molecule has 2 heterocycles. The molecule has 2 N–H and O–H groups in total. The zero-order chi connectivity index (χ0) is 14.8. The summed E-state index contributed by atoms with van der Waals surface area (Å²) in [5.41, 5.74) is 2.01. The molecule has 1 fully saturated rings. The number of fused-ring (bicyclic) bond motifs is 1. The van der Waals surface area contributed by atoms with E-state index < -0.39 is 0 Å².